The zero-order valence-corrected chi connectivity index (χ0v) is 19.8. The molecule has 1 aromatic rings. The van der Waals surface area contributed by atoms with Gasteiger partial charge in [0.25, 0.3) is 0 Å². The molecule has 3 rings (SSSR count). The molecule has 1 heterocycles. The van der Waals surface area contributed by atoms with E-state index in [2.05, 4.69) is 38.8 Å². The first kappa shape index (κ1) is 22.5. The quantitative estimate of drug-likeness (QED) is 0.149. The number of hydrogen-bond donors (Lipinski definition) is 0. The molecule has 0 radical (unpaired) electrons. The van der Waals surface area contributed by atoms with Gasteiger partial charge >= 0.3 is 5.97 Å². The lowest BCUT2D eigenvalue weighted by molar-refractivity contribution is -0.134. The number of alkyl halides is 2. The molecule has 2 fully saturated rings. The van der Waals surface area contributed by atoms with Crippen molar-refractivity contribution < 1.29 is 19.1 Å². The summed E-state index contributed by atoms with van der Waals surface area (Å²) in [5.74, 6) is -0.636. The van der Waals surface area contributed by atoms with Crippen molar-refractivity contribution >= 4 is 55.3 Å². The van der Waals surface area contributed by atoms with Crippen molar-refractivity contribution in [1.82, 2.24) is 0 Å². The summed E-state index contributed by atoms with van der Waals surface area (Å²) in [7, 11) is 0. The summed E-state index contributed by atoms with van der Waals surface area (Å²) in [5.41, 5.74) is 0.533. The molecule has 1 saturated carbocycles. The van der Waals surface area contributed by atoms with Gasteiger partial charge in [0.2, 0.25) is 11.8 Å². The molecule has 1 aromatic carbocycles. The number of amides is 2. The lowest BCUT2D eigenvalue weighted by Crippen LogP contribution is -2.34. The van der Waals surface area contributed by atoms with Crippen molar-refractivity contribution in [1.29, 1.82) is 0 Å². The number of hydrogen-bond acceptors (Lipinski definition) is 4. The van der Waals surface area contributed by atoms with Gasteiger partial charge in [-0.25, -0.2) is 0 Å². The minimum Gasteiger partial charge on any atom is -0.427 e. The summed E-state index contributed by atoms with van der Waals surface area (Å²) >= 11 is 7.20. The van der Waals surface area contributed by atoms with Crippen LogP contribution in [0.4, 0.5) is 5.69 Å². The molecule has 2 amide bonds. The SMILES string of the molecule is CCCCCCCC(=O)Oc1ccc(N2C(=O)[C@H]3C[C@@H](Br)[C@@H](Br)C[C@@H]3C2=O)cc1. The van der Waals surface area contributed by atoms with Crippen molar-refractivity contribution in [2.24, 2.45) is 11.8 Å². The van der Waals surface area contributed by atoms with Crippen LogP contribution in [0.15, 0.2) is 24.3 Å². The molecule has 7 heteroatoms. The predicted octanol–water partition coefficient (Wildman–Crippen LogP) is 5.38. The maximum absolute atomic E-state index is 12.8. The lowest BCUT2D eigenvalue weighted by atomic mass is 9.81. The summed E-state index contributed by atoms with van der Waals surface area (Å²) in [6.45, 7) is 2.16. The smallest absolute Gasteiger partial charge is 0.311 e. The molecule has 1 saturated heterocycles. The van der Waals surface area contributed by atoms with Gasteiger partial charge in [-0.15, -0.1) is 0 Å². The second-order valence-electron chi connectivity index (χ2n) is 7.86. The minimum absolute atomic E-state index is 0.138. The number of carbonyl (C=O) groups is 3. The van der Waals surface area contributed by atoms with Crippen LogP contribution in [-0.2, 0) is 14.4 Å². The van der Waals surface area contributed by atoms with Gasteiger partial charge < -0.3 is 4.74 Å². The fourth-order valence-corrected chi connectivity index (χ4v) is 5.31. The summed E-state index contributed by atoms with van der Waals surface area (Å²) in [6, 6.07) is 6.64. The first-order chi connectivity index (χ1) is 13.9. The zero-order valence-electron chi connectivity index (χ0n) is 16.6. The van der Waals surface area contributed by atoms with Crippen LogP contribution in [-0.4, -0.2) is 27.4 Å². The molecule has 1 aliphatic carbocycles. The molecule has 2 aliphatic rings. The number of carbonyl (C=O) groups excluding carboxylic acids is 3. The topological polar surface area (TPSA) is 63.7 Å². The van der Waals surface area contributed by atoms with Gasteiger partial charge in [-0.2, -0.15) is 0 Å². The van der Waals surface area contributed by atoms with Crippen LogP contribution >= 0.6 is 31.9 Å². The molecule has 0 aromatic heterocycles. The molecule has 0 N–H and O–H groups in total. The number of nitrogens with zero attached hydrogens (tertiary/aromatic N) is 1. The Morgan fingerprint density at radius 3 is 2.07 bits per heavy atom. The van der Waals surface area contributed by atoms with Gasteiger partial charge in [-0.1, -0.05) is 64.5 Å². The normalized spacial score (nSPS) is 26.5. The Kier molecular flexibility index (Phi) is 7.91. The van der Waals surface area contributed by atoms with Gasteiger partial charge in [0, 0.05) is 16.1 Å². The fraction of sp³-hybridized carbons (Fsp3) is 0.591. The lowest BCUT2D eigenvalue weighted by Gasteiger charge is -2.29. The highest BCUT2D eigenvalue weighted by Crippen LogP contribution is 2.44. The molecular formula is C22H27Br2NO4. The largest absolute Gasteiger partial charge is 0.427 e. The Balaban J connectivity index is 1.58. The van der Waals surface area contributed by atoms with Crippen LogP contribution < -0.4 is 9.64 Å². The van der Waals surface area contributed by atoms with Crippen LogP contribution in [0.25, 0.3) is 0 Å². The third-order valence-electron chi connectivity index (χ3n) is 5.72. The van der Waals surface area contributed by atoms with Crippen LogP contribution in [0.2, 0.25) is 0 Å². The van der Waals surface area contributed by atoms with E-state index < -0.39 is 0 Å². The van der Waals surface area contributed by atoms with Gasteiger partial charge in [0.15, 0.2) is 0 Å². The second kappa shape index (κ2) is 10.2. The molecule has 0 unspecified atom stereocenters. The number of unbranched alkanes of at least 4 members (excludes halogenated alkanes) is 4. The van der Waals surface area contributed by atoms with E-state index in [1.807, 2.05) is 0 Å². The van der Waals surface area contributed by atoms with Crippen molar-refractivity contribution in [2.75, 3.05) is 4.90 Å². The monoisotopic (exact) mass is 527 g/mol. The number of esters is 1. The van der Waals surface area contributed by atoms with E-state index in [4.69, 9.17) is 4.74 Å². The first-order valence-corrected chi connectivity index (χ1v) is 12.2. The van der Waals surface area contributed by atoms with E-state index in [1.54, 1.807) is 24.3 Å². The van der Waals surface area contributed by atoms with Crippen molar-refractivity contribution in [3.05, 3.63) is 24.3 Å². The average molecular weight is 529 g/mol. The molecule has 29 heavy (non-hydrogen) atoms. The number of anilines is 1. The fourth-order valence-electron chi connectivity index (χ4n) is 4.07. The highest BCUT2D eigenvalue weighted by Gasteiger charge is 2.52. The van der Waals surface area contributed by atoms with E-state index in [9.17, 15) is 14.4 Å². The van der Waals surface area contributed by atoms with Crippen LogP contribution in [0.1, 0.15) is 58.3 Å². The van der Waals surface area contributed by atoms with Gasteiger partial charge in [-0.3, -0.25) is 19.3 Å². The van der Waals surface area contributed by atoms with Gasteiger partial charge in [0.05, 0.1) is 17.5 Å². The van der Waals surface area contributed by atoms with E-state index in [0.717, 1.165) is 19.3 Å². The highest BCUT2D eigenvalue weighted by atomic mass is 79.9. The van der Waals surface area contributed by atoms with Gasteiger partial charge in [-0.05, 0) is 43.5 Å². The minimum atomic E-state index is -0.272. The number of benzene rings is 1. The summed E-state index contributed by atoms with van der Waals surface area (Å²) < 4.78 is 5.38. The van der Waals surface area contributed by atoms with E-state index in [0.29, 0.717) is 30.7 Å². The van der Waals surface area contributed by atoms with E-state index >= 15 is 0 Å². The Morgan fingerprint density at radius 2 is 1.52 bits per heavy atom. The third kappa shape index (κ3) is 5.29. The first-order valence-electron chi connectivity index (χ1n) is 10.4. The van der Waals surface area contributed by atoms with Crippen LogP contribution in [0, 0.1) is 11.8 Å². The zero-order chi connectivity index (χ0) is 21.0. The summed E-state index contributed by atoms with van der Waals surface area (Å²) in [5, 5.41) is 0. The molecule has 1 aliphatic heterocycles. The van der Waals surface area contributed by atoms with E-state index in [1.165, 1.54) is 17.7 Å². The summed E-state index contributed by atoms with van der Waals surface area (Å²) in [4.78, 5) is 39.3. The second-order valence-corrected chi connectivity index (χ2v) is 10.2. The number of ether oxygens (including phenoxy) is 1. The maximum Gasteiger partial charge on any atom is 0.311 e. The Labute approximate surface area is 188 Å². The molecule has 5 nitrogen and oxygen atoms in total. The molecule has 0 spiro atoms. The average Bonchev–Trinajstić information content (AvgIpc) is 2.93. The number of imide groups is 1. The summed E-state index contributed by atoms with van der Waals surface area (Å²) in [6.07, 6.45) is 7.08. The van der Waals surface area contributed by atoms with E-state index in [-0.39, 0.29) is 39.3 Å². The van der Waals surface area contributed by atoms with Crippen molar-refractivity contribution in [2.45, 2.75) is 67.9 Å². The number of rotatable bonds is 8. The van der Waals surface area contributed by atoms with Crippen LogP contribution in [0.3, 0.4) is 0 Å². The van der Waals surface area contributed by atoms with Gasteiger partial charge in [0.1, 0.15) is 5.75 Å². The molecule has 4 atom stereocenters. The number of fused-ring (bicyclic) bond motifs is 1. The molecule has 0 bridgehead atoms. The van der Waals surface area contributed by atoms with Crippen molar-refractivity contribution in [3.8, 4) is 5.75 Å². The Hall–Kier alpha value is -1.21. The maximum atomic E-state index is 12.8. The molecule has 158 valence electrons. The number of halogens is 2. The standard InChI is InChI=1S/C22H27Br2NO4/c1-2-3-4-5-6-7-20(26)29-15-10-8-14(9-11-15)25-21(27)16-12-18(23)19(24)13-17(16)22(25)28/h8-11,16-19H,2-7,12-13H2,1H3/t16-,17-,18-,19+/m0/s1. The Bertz CT molecular complexity index is 724. The predicted molar refractivity (Wildman–Crippen MR) is 120 cm³/mol. The highest BCUT2D eigenvalue weighted by molar-refractivity contribution is 9.12. The van der Waals surface area contributed by atoms with Crippen molar-refractivity contribution in [3.63, 3.8) is 0 Å². The molecular weight excluding hydrogens is 502 g/mol. The Morgan fingerprint density at radius 1 is 0.966 bits per heavy atom. The van der Waals surface area contributed by atoms with Crippen LogP contribution in [0.5, 0.6) is 5.75 Å². The third-order valence-corrected chi connectivity index (χ3v) is 8.46.